The number of furan rings is 1. The van der Waals surface area contributed by atoms with E-state index in [0.717, 1.165) is 15.4 Å². The van der Waals surface area contributed by atoms with Crippen molar-refractivity contribution in [2.45, 2.75) is 13.8 Å². The van der Waals surface area contributed by atoms with Gasteiger partial charge in [0, 0.05) is 26.7 Å². The van der Waals surface area contributed by atoms with Crippen molar-refractivity contribution in [1.82, 2.24) is 0 Å². The monoisotopic (exact) mass is 371 g/mol. The van der Waals surface area contributed by atoms with Gasteiger partial charge in [-0.25, -0.2) is 0 Å². The number of Topliss-reactive ketones (excluding diaryl/α,β-unsaturated/α-hetero) is 1. The summed E-state index contributed by atoms with van der Waals surface area (Å²) in [5.41, 5.74) is 2.55. The maximum Gasteiger partial charge on any atom is 0.291 e. The second kappa shape index (κ2) is 6.01. The van der Waals surface area contributed by atoms with Gasteiger partial charge in [0.2, 0.25) is 0 Å². The molecule has 0 aliphatic rings. The fourth-order valence-electron chi connectivity index (χ4n) is 2.41. The van der Waals surface area contributed by atoms with E-state index in [2.05, 4.69) is 21.2 Å². The summed E-state index contributed by atoms with van der Waals surface area (Å²) in [6.45, 7) is 3.33. The lowest BCUT2D eigenvalue weighted by molar-refractivity contribution is 0.0993. The molecule has 0 aliphatic heterocycles. The van der Waals surface area contributed by atoms with Crippen LogP contribution >= 0.6 is 15.9 Å². The molecular weight excluding hydrogens is 358 g/mol. The van der Waals surface area contributed by atoms with Gasteiger partial charge in [0.25, 0.3) is 5.91 Å². The van der Waals surface area contributed by atoms with Crippen LogP contribution in [0.5, 0.6) is 0 Å². The minimum atomic E-state index is -0.337. The molecule has 0 saturated heterocycles. The molecule has 2 aromatic carbocycles. The number of carbonyl (C=O) groups excluding carboxylic acids is 2. The van der Waals surface area contributed by atoms with Crippen LogP contribution in [0, 0.1) is 6.92 Å². The van der Waals surface area contributed by atoms with Crippen LogP contribution in [0.2, 0.25) is 0 Å². The first-order valence-corrected chi connectivity index (χ1v) is 7.86. The third kappa shape index (κ3) is 3.05. The number of aryl methyl sites for hydroxylation is 1. The maximum atomic E-state index is 12.5. The molecule has 1 heterocycles. The number of rotatable bonds is 3. The Labute approximate surface area is 141 Å². The SMILES string of the molecule is CC(=O)c1cccc(NC(=O)c2oc3ccc(Br)cc3c2C)c1. The Morgan fingerprint density at radius 2 is 1.91 bits per heavy atom. The van der Waals surface area contributed by atoms with Crippen LogP contribution in [0.3, 0.4) is 0 Å². The molecule has 1 amide bonds. The number of hydrogen-bond acceptors (Lipinski definition) is 3. The molecule has 0 saturated carbocycles. The maximum absolute atomic E-state index is 12.5. The fraction of sp³-hybridized carbons (Fsp3) is 0.111. The standard InChI is InChI=1S/C18H14BrNO3/c1-10-15-9-13(19)6-7-16(15)23-17(10)18(22)20-14-5-3-4-12(8-14)11(2)21/h3-9H,1-2H3,(H,20,22). The summed E-state index contributed by atoms with van der Waals surface area (Å²) in [5.74, 6) is -0.118. The molecule has 1 N–H and O–H groups in total. The van der Waals surface area contributed by atoms with Crippen molar-refractivity contribution < 1.29 is 14.0 Å². The molecule has 0 bridgehead atoms. The zero-order chi connectivity index (χ0) is 16.6. The summed E-state index contributed by atoms with van der Waals surface area (Å²) in [5, 5.41) is 3.66. The lowest BCUT2D eigenvalue weighted by atomic mass is 10.1. The molecule has 3 rings (SSSR count). The Morgan fingerprint density at radius 1 is 1.13 bits per heavy atom. The normalized spacial score (nSPS) is 10.7. The first-order chi connectivity index (χ1) is 11.0. The quantitative estimate of drug-likeness (QED) is 0.662. The van der Waals surface area contributed by atoms with E-state index in [-0.39, 0.29) is 17.5 Å². The molecule has 1 aromatic heterocycles. The van der Waals surface area contributed by atoms with Crippen molar-refractivity contribution in [1.29, 1.82) is 0 Å². The average Bonchev–Trinajstić information content (AvgIpc) is 2.84. The summed E-state index contributed by atoms with van der Waals surface area (Å²) in [7, 11) is 0. The first-order valence-electron chi connectivity index (χ1n) is 7.06. The number of ketones is 1. The van der Waals surface area contributed by atoms with E-state index in [9.17, 15) is 9.59 Å². The number of anilines is 1. The topological polar surface area (TPSA) is 59.3 Å². The zero-order valence-corrected chi connectivity index (χ0v) is 14.2. The van der Waals surface area contributed by atoms with E-state index in [1.165, 1.54) is 6.92 Å². The van der Waals surface area contributed by atoms with E-state index < -0.39 is 0 Å². The molecule has 5 heteroatoms. The van der Waals surface area contributed by atoms with Gasteiger partial charge in [0.1, 0.15) is 5.58 Å². The summed E-state index contributed by atoms with van der Waals surface area (Å²) >= 11 is 3.41. The molecule has 0 aliphatic carbocycles. The van der Waals surface area contributed by atoms with Crippen LogP contribution < -0.4 is 5.32 Å². The Hall–Kier alpha value is -2.40. The average molecular weight is 372 g/mol. The molecule has 4 nitrogen and oxygen atoms in total. The van der Waals surface area contributed by atoms with Crippen LogP contribution in [0.15, 0.2) is 51.4 Å². The van der Waals surface area contributed by atoms with E-state index in [0.29, 0.717) is 16.8 Å². The lowest BCUT2D eigenvalue weighted by Gasteiger charge is -2.05. The fourth-order valence-corrected chi connectivity index (χ4v) is 2.77. The van der Waals surface area contributed by atoms with Gasteiger partial charge in [-0.15, -0.1) is 0 Å². The van der Waals surface area contributed by atoms with E-state index >= 15 is 0 Å². The molecule has 0 spiro atoms. The molecular formula is C18H14BrNO3. The van der Waals surface area contributed by atoms with Gasteiger partial charge in [0.05, 0.1) is 0 Å². The Kier molecular flexibility index (Phi) is 4.05. The Morgan fingerprint density at radius 3 is 2.65 bits per heavy atom. The number of benzene rings is 2. The number of halogens is 1. The molecule has 3 aromatic rings. The van der Waals surface area contributed by atoms with Gasteiger partial charge >= 0.3 is 0 Å². The molecule has 0 atom stereocenters. The van der Waals surface area contributed by atoms with Gasteiger partial charge in [-0.05, 0) is 44.2 Å². The lowest BCUT2D eigenvalue weighted by Crippen LogP contribution is -2.12. The minimum Gasteiger partial charge on any atom is -0.451 e. The van der Waals surface area contributed by atoms with Crippen LogP contribution in [0.1, 0.15) is 33.4 Å². The highest BCUT2D eigenvalue weighted by molar-refractivity contribution is 9.10. The van der Waals surface area contributed by atoms with Crippen molar-refractivity contribution in [2.75, 3.05) is 5.32 Å². The predicted octanol–water partition coefficient (Wildman–Crippen LogP) is 4.96. The van der Waals surface area contributed by atoms with E-state index in [4.69, 9.17) is 4.42 Å². The minimum absolute atomic E-state index is 0.0501. The van der Waals surface area contributed by atoms with Crippen LogP contribution in [-0.2, 0) is 0 Å². The third-order valence-corrected chi connectivity index (χ3v) is 4.12. The second-order valence-electron chi connectivity index (χ2n) is 5.29. The van der Waals surface area contributed by atoms with Crippen LogP contribution in [-0.4, -0.2) is 11.7 Å². The van der Waals surface area contributed by atoms with Gasteiger partial charge in [-0.2, -0.15) is 0 Å². The van der Waals surface area contributed by atoms with E-state index in [1.807, 2.05) is 25.1 Å². The van der Waals surface area contributed by atoms with Crippen molar-refractivity contribution in [2.24, 2.45) is 0 Å². The Balaban J connectivity index is 1.93. The predicted molar refractivity (Wildman–Crippen MR) is 93.1 cm³/mol. The third-order valence-electron chi connectivity index (χ3n) is 3.63. The molecule has 0 fully saturated rings. The van der Waals surface area contributed by atoms with Crippen LogP contribution in [0.4, 0.5) is 5.69 Å². The summed E-state index contributed by atoms with van der Waals surface area (Å²) in [6.07, 6.45) is 0. The molecule has 0 radical (unpaired) electrons. The van der Waals surface area contributed by atoms with Gasteiger partial charge < -0.3 is 9.73 Å². The number of nitrogens with one attached hydrogen (secondary N) is 1. The summed E-state index contributed by atoms with van der Waals surface area (Å²) in [4.78, 5) is 23.9. The highest BCUT2D eigenvalue weighted by Gasteiger charge is 2.18. The number of carbonyl (C=O) groups is 2. The van der Waals surface area contributed by atoms with Gasteiger partial charge in [-0.3, -0.25) is 9.59 Å². The highest BCUT2D eigenvalue weighted by Crippen LogP contribution is 2.28. The van der Waals surface area contributed by atoms with Crippen molar-refractivity contribution >= 4 is 44.3 Å². The number of amides is 1. The first kappa shape index (κ1) is 15.5. The number of fused-ring (bicyclic) bond motifs is 1. The molecule has 116 valence electrons. The smallest absolute Gasteiger partial charge is 0.291 e. The Bertz CT molecular complexity index is 927. The summed E-state index contributed by atoms with van der Waals surface area (Å²) in [6, 6.07) is 12.4. The second-order valence-corrected chi connectivity index (χ2v) is 6.20. The van der Waals surface area contributed by atoms with E-state index in [1.54, 1.807) is 24.3 Å². The largest absolute Gasteiger partial charge is 0.451 e. The van der Waals surface area contributed by atoms with Gasteiger partial charge in [-0.1, -0.05) is 28.1 Å². The zero-order valence-electron chi connectivity index (χ0n) is 12.6. The van der Waals surface area contributed by atoms with Crippen molar-refractivity contribution in [3.8, 4) is 0 Å². The van der Waals surface area contributed by atoms with Crippen molar-refractivity contribution in [3.63, 3.8) is 0 Å². The molecule has 0 unspecified atom stereocenters. The summed E-state index contributed by atoms with van der Waals surface area (Å²) < 4.78 is 6.59. The molecule has 23 heavy (non-hydrogen) atoms. The highest BCUT2D eigenvalue weighted by atomic mass is 79.9. The van der Waals surface area contributed by atoms with Crippen LogP contribution in [0.25, 0.3) is 11.0 Å². The van der Waals surface area contributed by atoms with Gasteiger partial charge in [0.15, 0.2) is 11.5 Å². The number of hydrogen-bond donors (Lipinski definition) is 1. The van der Waals surface area contributed by atoms with Crippen molar-refractivity contribution in [3.05, 3.63) is 63.8 Å².